The minimum absolute atomic E-state index is 0.0893. The lowest BCUT2D eigenvalue weighted by molar-refractivity contribution is -0.127. The molecule has 0 aromatic heterocycles. The van der Waals surface area contributed by atoms with Gasteiger partial charge in [0.05, 0.1) is 13.7 Å². The fourth-order valence-corrected chi connectivity index (χ4v) is 3.35. The van der Waals surface area contributed by atoms with Crippen molar-refractivity contribution in [2.75, 3.05) is 45.2 Å². The van der Waals surface area contributed by atoms with Crippen LogP contribution in [-0.4, -0.2) is 68.1 Å². The van der Waals surface area contributed by atoms with Crippen molar-refractivity contribution in [3.63, 3.8) is 0 Å². The first kappa shape index (κ1) is 24.1. The topological polar surface area (TPSA) is 71.1 Å². The van der Waals surface area contributed by atoms with Crippen LogP contribution in [0.5, 0.6) is 11.5 Å². The van der Waals surface area contributed by atoms with Crippen LogP contribution in [-0.2, 0) is 9.59 Å². The van der Waals surface area contributed by atoms with E-state index in [1.54, 1.807) is 23.1 Å². The van der Waals surface area contributed by atoms with Crippen molar-refractivity contribution >= 4 is 23.6 Å². The zero-order valence-electron chi connectivity index (χ0n) is 18.0. The quantitative estimate of drug-likeness (QED) is 0.609. The molecule has 10 heteroatoms. The van der Waals surface area contributed by atoms with Crippen LogP contribution in [0.1, 0.15) is 5.56 Å². The number of methoxy groups -OCH3 is 1. The Morgan fingerprint density at radius 1 is 1.09 bits per heavy atom. The molecule has 0 bridgehead atoms. The largest absolute Gasteiger partial charge is 0.493 e. The van der Waals surface area contributed by atoms with Crippen molar-refractivity contribution in [2.24, 2.45) is 0 Å². The molecule has 2 aromatic rings. The molecule has 2 aromatic carbocycles. The van der Waals surface area contributed by atoms with E-state index in [1.165, 1.54) is 43.5 Å². The third-order valence-corrected chi connectivity index (χ3v) is 4.98. The van der Waals surface area contributed by atoms with E-state index < -0.39 is 12.4 Å². The lowest BCUT2D eigenvalue weighted by atomic mass is 10.2. The molecular weight excluding hydrogens is 439 g/mol. The lowest BCUT2D eigenvalue weighted by Crippen LogP contribution is -2.50. The summed E-state index contributed by atoms with van der Waals surface area (Å²) in [7, 11) is 1.34. The molecule has 0 spiro atoms. The minimum atomic E-state index is -2.96. The van der Waals surface area contributed by atoms with Crippen molar-refractivity contribution < 1.29 is 32.2 Å². The van der Waals surface area contributed by atoms with Crippen LogP contribution in [0.4, 0.5) is 18.9 Å². The van der Waals surface area contributed by atoms with Gasteiger partial charge < -0.3 is 19.7 Å². The minimum Gasteiger partial charge on any atom is -0.493 e. The molecular formula is C23H24F3N3O4. The van der Waals surface area contributed by atoms with E-state index in [-0.39, 0.29) is 29.9 Å². The van der Waals surface area contributed by atoms with Crippen LogP contribution in [0, 0.1) is 5.82 Å². The summed E-state index contributed by atoms with van der Waals surface area (Å²) < 4.78 is 47.5. The Labute approximate surface area is 189 Å². The number of hydrogen-bond acceptors (Lipinski definition) is 5. The Hall–Kier alpha value is -3.53. The molecule has 7 nitrogen and oxygen atoms in total. The van der Waals surface area contributed by atoms with Gasteiger partial charge in [0.25, 0.3) is 0 Å². The average molecular weight is 463 g/mol. The highest BCUT2D eigenvalue weighted by Gasteiger charge is 2.21. The molecule has 2 amide bonds. The smallest absolute Gasteiger partial charge is 0.387 e. The zero-order valence-corrected chi connectivity index (χ0v) is 18.0. The summed E-state index contributed by atoms with van der Waals surface area (Å²) >= 11 is 0. The highest BCUT2D eigenvalue weighted by molar-refractivity contribution is 5.93. The van der Waals surface area contributed by atoms with Crippen LogP contribution in [0.2, 0.25) is 0 Å². The molecule has 0 atom stereocenters. The first-order valence-corrected chi connectivity index (χ1v) is 10.2. The molecule has 1 saturated heterocycles. The number of anilines is 1. The molecule has 0 saturated carbocycles. The van der Waals surface area contributed by atoms with Gasteiger partial charge in [0, 0.05) is 37.9 Å². The molecule has 1 aliphatic rings. The van der Waals surface area contributed by atoms with Gasteiger partial charge in [-0.1, -0.05) is 12.1 Å². The highest BCUT2D eigenvalue weighted by Crippen LogP contribution is 2.29. The molecule has 1 heterocycles. The Morgan fingerprint density at radius 3 is 2.52 bits per heavy atom. The summed E-state index contributed by atoms with van der Waals surface area (Å²) in [6.07, 6.45) is 2.96. The van der Waals surface area contributed by atoms with Gasteiger partial charge in [-0.25, -0.2) is 4.39 Å². The van der Waals surface area contributed by atoms with Crippen LogP contribution < -0.4 is 14.8 Å². The van der Waals surface area contributed by atoms with Crippen LogP contribution in [0.25, 0.3) is 6.08 Å². The number of alkyl halides is 2. The van der Waals surface area contributed by atoms with Crippen LogP contribution in [0.3, 0.4) is 0 Å². The maximum Gasteiger partial charge on any atom is 0.387 e. The van der Waals surface area contributed by atoms with Crippen LogP contribution >= 0.6 is 0 Å². The number of carbonyl (C=O) groups is 2. The first-order chi connectivity index (χ1) is 15.8. The van der Waals surface area contributed by atoms with Gasteiger partial charge in [0.1, 0.15) is 5.82 Å². The van der Waals surface area contributed by atoms with Gasteiger partial charge in [0.15, 0.2) is 11.5 Å². The molecule has 3 rings (SSSR count). The second-order valence-electron chi connectivity index (χ2n) is 7.28. The van der Waals surface area contributed by atoms with E-state index in [4.69, 9.17) is 4.74 Å². The van der Waals surface area contributed by atoms with E-state index in [0.29, 0.717) is 37.4 Å². The zero-order chi connectivity index (χ0) is 23.8. The molecule has 0 radical (unpaired) electrons. The van der Waals surface area contributed by atoms with E-state index in [9.17, 15) is 22.8 Å². The van der Waals surface area contributed by atoms with Crippen molar-refractivity contribution in [1.29, 1.82) is 0 Å². The summed E-state index contributed by atoms with van der Waals surface area (Å²) in [5, 5.41) is 2.65. The van der Waals surface area contributed by atoms with Crippen molar-refractivity contribution in [3.05, 3.63) is 59.9 Å². The number of rotatable bonds is 8. The number of halogens is 3. The number of nitrogens with zero attached hydrogens (tertiary/aromatic N) is 2. The van der Waals surface area contributed by atoms with Gasteiger partial charge in [0.2, 0.25) is 11.8 Å². The molecule has 33 heavy (non-hydrogen) atoms. The highest BCUT2D eigenvalue weighted by atomic mass is 19.3. The maximum atomic E-state index is 13.2. The molecule has 1 N–H and O–H groups in total. The second kappa shape index (κ2) is 11.4. The summed E-state index contributed by atoms with van der Waals surface area (Å²) in [6, 6.07) is 10.1. The Balaban J connectivity index is 1.48. The number of hydrogen-bond donors (Lipinski definition) is 1. The summed E-state index contributed by atoms with van der Waals surface area (Å²) in [5.74, 6) is -0.841. The van der Waals surface area contributed by atoms with E-state index >= 15 is 0 Å². The normalized spacial score (nSPS) is 14.5. The Bertz CT molecular complexity index is 1010. The molecule has 1 fully saturated rings. The van der Waals surface area contributed by atoms with E-state index in [1.807, 2.05) is 4.90 Å². The van der Waals surface area contributed by atoms with E-state index in [0.717, 1.165) is 0 Å². The molecule has 0 unspecified atom stereocenters. The summed E-state index contributed by atoms with van der Waals surface area (Å²) in [5.41, 5.74) is 0.985. The SMILES string of the molecule is COc1cc(/C=C/C(=O)N2CCN(CC(=O)Nc3cccc(F)c3)CC2)ccc1OC(F)F. The lowest BCUT2D eigenvalue weighted by Gasteiger charge is -2.33. The van der Waals surface area contributed by atoms with Gasteiger partial charge >= 0.3 is 6.61 Å². The van der Waals surface area contributed by atoms with Gasteiger partial charge in [-0.3, -0.25) is 14.5 Å². The first-order valence-electron chi connectivity index (χ1n) is 10.2. The second-order valence-corrected chi connectivity index (χ2v) is 7.28. The molecule has 0 aliphatic carbocycles. The monoisotopic (exact) mass is 463 g/mol. The van der Waals surface area contributed by atoms with Gasteiger partial charge in [-0.15, -0.1) is 0 Å². The number of piperazine rings is 1. The summed E-state index contributed by atoms with van der Waals surface area (Å²) in [6.45, 7) is -0.899. The summed E-state index contributed by atoms with van der Waals surface area (Å²) in [4.78, 5) is 28.2. The maximum absolute atomic E-state index is 13.2. The number of ether oxygens (including phenoxy) is 2. The van der Waals surface area contributed by atoms with Crippen molar-refractivity contribution in [2.45, 2.75) is 6.61 Å². The Kier molecular flexibility index (Phi) is 8.31. The third-order valence-electron chi connectivity index (χ3n) is 4.98. The average Bonchev–Trinajstić information content (AvgIpc) is 2.78. The molecule has 176 valence electrons. The number of nitrogens with one attached hydrogen (secondary N) is 1. The Morgan fingerprint density at radius 2 is 1.85 bits per heavy atom. The fourth-order valence-electron chi connectivity index (χ4n) is 3.35. The van der Waals surface area contributed by atoms with Gasteiger partial charge in [-0.2, -0.15) is 8.78 Å². The number of carbonyl (C=O) groups excluding carboxylic acids is 2. The predicted octanol–water partition coefficient (Wildman–Crippen LogP) is 3.23. The predicted molar refractivity (Wildman–Crippen MR) is 117 cm³/mol. The van der Waals surface area contributed by atoms with E-state index in [2.05, 4.69) is 10.1 Å². The van der Waals surface area contributed by atoms with Crippen LogP contribution in [0.15, 0.2) is 48.5 Å². The number of amides is 2. The van der Waals surface area contributed by atoms with Crippen molar-refractivity contribution in [1.82, 2.24) is 9.80 Å². The molecule has 1 aliphatic heterocycles. The fraction of sp³-hybridized carbons (Fsp3) is 0.304. The third kappa shape index (κ3) is 7.25. The number of benzene rings is 2. The van der Waals surface area contributed by atoms with Crippen molar-refractivity contribution in [3.8, 4) is 11.5 Å². The van der Waals surface area contributed by atoms with Gasteiger partial charge in [-0.05, 0) is 42.0 Å². The standard InChI is InChI=1S/C23H24F3N3O4/c1-32-20-13-16(5-7-19(20)33-23(25)26)6-8-22(31)29-11-9-28(10-12-29)15-21(30)27-18-4-2-3-17(24)14-18/h2-8,13-14,23H,9-12,15H2,1H3,(H,27,30)/b8-6+.